The molecule has 1 nitrogen and oxygen atoms in total. The molecule has 0 N–H and O–H groups in total. The summed E-state index contributed by atoms with van der Waals surface area (Å²) in [4.78, 5) is 0. The van der Waals surface area contributed by atoms with Crippen molar-refractivity contribution >= 4 is 26.8 Å². The second-order valence-corrected chi connectivity index (χ2v) is 13.8. The first kappa shape index (κ1) is 17.3. The van der Waals surface area contributed by atoms with Crippen molar-refractivity contribution in [1.29, 1.82) is 0 Å². The number of benzene rings is 3. The molecule has 0 amide bonds. The third-order valence-electron chi connectivity index (χ3n) is 5.00. The van der Waals surface area contributed by atoms with Gasteiger partial charge in [-0.15, -0.1) is 0 Å². The van der Waals surface area contributed by atoms with Crippen LogP contribution in [0.5, 0.6) is 0 Å². The Morgan fingerprint density at radius 1 is 0.615 bits per heavy atom. The molecule has 0 unspecified atom stereocenters. The number of rotatable bonds is 5. The SMILES string of the molecule is CC1=C[C]([O][Ge]([c]2ccccc2)([c]2ccccc2)[c]2ccccc2)CC1. The molecule has 0 fully saturated rings. The van der Waals surface area contributed by atoms with Crippen molar-refractivity contribution in [3.63, 3.8) is 0 Å². The fraction of sp³-hybridized carbons (Fsp3) is 0.125. The Balaban J connectivity index is 1.94. The van der Waals surface area contributed by atoms with Gasteiger partial charge in [0.25, 0.3) is 0 Å². The van der Waals surface area contributed by atoms with Crippen LogP contribution in [0.15, 0.2) is 103 Å². The summed E-state index contributed by atoms with van der Waals surface area (Å²) in [5, 5.41) is 0. The van der Waals surface area contributed by atoms with Crippen LogP contribution in [0.25, 0.3) is 0 Å². The topological polar surface area (TPSA) is 9.23 Å². The van der Waals surface area contributed by atoms with Crippen molar-refractivity contribution in [3.8, 4) is 0 Å². The summed E-state index contributed by atoms with van der Waals surface area (Å²) in [7, 11) is 0. The van der Waals surface area contributed by atoms with Crippen LogP contribution in [0.4, 0.5) is 0 Å². The molecular weight excluding hydrogens is 377 g/mol. The van der Waals surface area contributed by atoms with Gasteiger partial charge in [0.05, 0.1) is 0 Å². The second kappa shape index (κ2) is 7.65. The van der Waals surface area contributed by atoms with Gasteiger partial charge >= 0.3 is 159 Å². The minimum atomic E-state index is -3.28. The zero-order valence-electron chi connectivity index (χ0n) is 15.1. The maximum atomic E-state index is 7.06. The predicted octanol–water partition coefficient (Wildman–Crippen LogP) is 3.94. The zero-order valence-corrected chi connectivity index (χ0v) is 17.2. The first-order chi connectivity index (χ1) is 12.8. The van der Waals surface area contributed by atoms with Crippen LogP contribution in [-0.2, 0) is 3.76 Å². The van der Waals surface area contributed by atoms with Crippen molar-refractivity contribution in [1.82, 2.24) is 0 Å². The van der Waals surface area contributed by atoms with E-state index in [1.807, 2.05) is 0 Å². The average Bonchev–Trinajstić information content (AvgIpc) is 3.13. The molecule has 0 aliphatic heterocycles. The van der Waals surface area contributed by atoms with Crippen molar-refractivity contribution in [2.24, 2.45) is 0 Å². The van der Waals surface area contributed by atoms with Crippen LogP contribution >= 0.6 is 0 Å². The normalized spacial score (nSPS) is 15.0. The number of hydrogen-bond acceptors (Lipinski definition) is 1. The van der Waals surface area contributed by atoms with Gasteiger partial charge in [0.2, 0.25) is 0 Å². The molecule has 0 saturated heterocycles. The molecule has 0 spiro atoms. The first-order valence-electron chi connectivity index (χ1n) is 9.17. The molecule has 0 aromatic heterocycles. The standard InChI is InChI=1S/C24H23GeO/c1-20-17-18-24(19-20)26-25(21-11-5-2-6-12-21,22-13-7-3-8-14-22)23-15-9-4-10-16-23/h2-16,19H,17-18H2,1H3. The van der Waals surface area contributed by atoms with Crippen molar-refractivity contribution < 1.29 is 3.76 Å². The fourth-order valence-corrected chi connectivity index (χ4v) is 11.9. The van der Waals surface area contributed by atoms with Gasteiger partial charge in [0.15, 0.2) is 0 Å². The first-order valence-corrected chi connectivity index (χ1v) is 13.2. The van der Waals surface area contributed by atoms with E-state index in [4.69, 9.17) is 3.76 Å². The Bertz CT molecular complexity index is 775. The van der Waals surface area contributed by atoms with E-state index in [2.05, 4.69) is 104 Å². The summed E-state index contributed by atoms with van der Waals surface area (Å²) in [6.45, 7) is 2.19. The Morgan fingerprint density at radius 3 is 1.38 bits per heavy atom. The molecule has 1 aliphatic carbocycles. The molecule has 1 aliphatic rings. The zero-order chi connectivity index (χ0) is 17.8. The van der Waals surface area contributed by atoms with E-state index in [-0.39, 0.29) is 0 Å². The maximum absolute atomic E-state index is 7.06. The van der Waals surface area contributed by atoms with Gasteiger partial charge in [-0.1, -0.05) is 0 Å². The molecule has 1 radical (unpaired) electrons. The minimum absolute atomic E-state index is 1.01. The summed E-state index contributed by atoms with van der Waals surface area (Å²) >= 11 is -3.28. The molecule has 4 rings (SSSR count). The molecule has 26 heavy (non-hydrogen) atoms. The van der Waals surface area contributed by atoms with E-state index in [0.717, 1.165) is 18.9 Å². The predicted molar refractivity (Wildman–Crippen MR) is 111 cm³/mol. The third kappa shape index (κ3) is 3.29. The summed E-state index contributed by atoms with van der Waals surface area (Å²) in [6, 6.07) is 32.5. The van der Waals surface area contributed by atoms with E-state index in [1.54, 1.807) is 0 Å². The Hall–Kier alpha value is -2.10. The van der Waals surface area contributed by atoms with E-state index < -0.39 is 13.6 Å². The Kier molecular flexibility index (Phi) is 5.10. The van der Waals surface area contributed by atoms with E-state index >= 15 is 0 Å². The van der Waals surface area contributed by atoms with Crippen LogP contribution in [0.3, 0.4) is 0 Å². The molecule has 0 saturated carbocycles. The fourth-order valence-electron chi connectivity index (χ4n) is 3.71. The monoisotopic (exact) mass is 401 g/mol. The van der Waals surface area contributed by atoms with Crippen LogP contribution in [-0.4, -0.2) is 13.6 Å². The van der Waals surface area contributed by atoms with Gasteiger partial charge in [-0.3, -0.25) is 0 Å². The average molecular weight is 400 g/mol. The Labute approximate surface area is 159 Å². The van der Waals surface area contributed by atoms with Crippen LogP contribution in [0, 0.1) is 6.10 Å². The Morgan fingerprint density at radius 2 is 1.04 bits per heavy atom. The van der Waals surface area contributed by atoms with Crippen molar-refractivity contribution in [3.05, 3.63) is 109 Å². The molecule has 0 bridgehead atoms. The number of hydrogen-bond donors (Lipinski definition) is 0. The quantitative estimate of drug-likeness (QED) is 0.590. The number of allylic oxidation sites excluding steroid dienone is 1. The van der Waals surface area contributed by atoms with E-state index in [0.29, 0.717) is 0 Å². The van der Waals surface area contributed by atoms with Crippen molar-refractivity contribution in [2.45, 2.75) is 19.8 Å². The van der Waals surface area contributed by atoms with Gasteiger partial charge in [-0.25, -0.2) is 0 Å². The molecular formula is C24H23GeO. The summed E-state index contributed by atoms with van der Waals surface area (Å²) < 4.78 is 11.0. The van der Waals surface area contributed by atoms with Gasteiger partial charge < -0.3 is 0 Å². The third-order valence-corrected chi connectivity index (χ3v) is 13.4. The van der Waals surface area contributed by atoms with Crippen molar-refractivity contribution in [2.75, 3.05) is 0 Å². The van der Waals surface area contributed by atoms with E-state index in [1.165, 1.54) is 18.8 Å². The molecule has 129 valence electrons. The van der Waals surface area contributed by atoms with Crippen LogP contribution in [0.1, 0.15) is 19.8 Å². The molecule has 0 heterocycles. The van der Waals surface area contributed by atoms with Gasteiger partial charge in [-0.05, 0) is 0 Å². The second-order valence-electron chi connectivity index (χ2n) is 6.84. The van der Waals surface area contributed by atoms with Gasteiger partial charge in [0.1, 0.15) is 0 Å². The van der Waals surface area contributed by atoms with Gasteiger partial charge in [0, 0.05) is 0 Å². The molecule has 0 atom stereocenters. The molecule has 3 aromatic carbocycles. The summed E-state index contributed by atoms with van der Waals surface area (Å²) in [6.07, 6.45) is 5.49. The van der Waals surface area contributed by atoms with E-state index in [9.17, 15) is 0 Å². The molecule has 2 heteroatoms. The van der Waals surface area contributed by atoms with Crippen LogP contribution in [0.2, 0.25) is 0 Å². The summed E-state index contributed by atoms with van der Waals surface area (Å²) in [5.74, 6) is 0. The summed E-state index contributed by atoms with van der Waals surface area (Å²) in [5.41, 5.74) is 1.41. The van der Waals surface area contributed by atoms with Gasteiger partial charge in [-0.2, -0.15) is 0 Å². The van der Waals surface area contributed by atoms with Crippen LogP contribution < -0.4 is 13.2 Å². The molecule has 3 aromatic rings.